The first-order valence-electron chi connectivity index (χ1n) is 9.14. The highest BCUT2D eigenvalue weighted by Crippen LogP contribution is 2.21. The number of rotatable bonds is 11. The van der Waals surface area contributed by atoms with Gasteiger partial charge >= 0.3 is 0 Å². The Bertz CT molecular complexity index is 656. The number of unbranched alkanes of at least 4 members (excludes halogenated alkanes) is 2. The van der Waals surface area contributed by atoms with E-state index in [0.29, 0.717) is 6.54 Å². The van der Waals surface area contributed by atoms with Crippen LogP contribution in [0.2, 0.25) is 0 Å². The molecule has 0 spiro atoms. The van der Waals surface area contributed by atoms with Gasteiger partial charge in [0.05, 0.1) is 25.4 Å². The molecule has 0 fully saturated rings. The molecule has 4 nitrogen and oxygen atoms in total. The maximum atomic E-state index is 5.73. The highest BCUT2D eigenvalue weighted by atomic mass is 16.5. The molecule has 2 aromatic carbocycles. The van der Waals surface area contributed by atoms with Crippen LogP contribution in [0.25, 0.3) is 0 Å². The minimum absolute atomic E-state index is 0.534. The molecule has 0 aromatic heterocycles. The van der Waals surface area contributed by atoms with Crippen molar-refractivity contribution in [2.45, 2.75) is 46.1 Å². The van der Waals surface area contributed by atoms with Gasteiger partial charge in [0.25, 0.3) is 0 Å². The summed E-state index contributed by atoms with van der Waals surface area (Å²) in [6, 6.07) is 15.8. The lowest BCUT2D eigenvalue weighted by Crippen LogP contribution is -1.96. The summed E-state index contributed by atoms with van der Waals surface area (Å²) in [6.07, 6.45) is 4.39. The summed E-state index contributed by atoms with van der Waals surface area (Å²) in [7, 11) is 0. The summed E-state index contributed by atoms with van der Waals surface area (Å²) in [5.74, 6) is 1.74. The maximum Gasteiger partial charge on any atom is 0.121 e. The Labute approximate surface area is 150 Å². The van der Waals surface area contributed by atoms with Crippen molar-refractivity contribution in [3.63, 3.8) is 0 Å². The highest BCUT2D eigenvalue weighted by Gasteiger charge is 1.98. The molecular weight excluding hydrogens is 312 g/mol. The number of ether oxygens (including phenoxy) is 2. The number of benzene rings is 2. The molecule has 0 aliphatic carbocycles. The van der Waals surface area contributed by atoms with Gasteiger partial charge in [-0.3, -0.25) is 0 Å². The van der Waals surface area contributed by atoms with Crippen molar-refractivity contribution in [2.75, 3.05) is 13.2 Å². The molecule has 134 valence electrons. The van der Waals surface area contributed by atoms with Crippen molar-refractivity contribution in [3.8, 4) is 11.5 Å². The van der Waals surface area contributed by atoms with Gasteiger partial charge in [-0.25, -0.2) is 0 Å². The Hall–Kier alpha value is -2.36. The number of hydrogen-bond acceptors (Lipinski definition) is 4. The largest absolute Gasteiger partial charge is 0.494 e. The second-order valence-electron chi connectivity index (χ2n) is 5.95. The van der Waals surface area contributed by atoms with E-state index in [1.807, 2.05) is 48.5 Å². The van der Waals surface area contributed by atoms with Crippen LogP contribution in [-0.4, -0.2) is 13.2 Å². The molecule has 25 heavy (non-hydrogen) atoms. The Kier molecular flexibility index (Phi) is 8.53. The van der Waals surface area contributed by atoms with E-state index in [4.69, 9.17) is 9.47 Å². The van der Waals surface area contributed by atoms with Crippen LogP contribution < -0.4 is 9.47 Å². The lowest BCUT2D eigenvalue weighted by molar-refractivity contribution is 0.309. The molecule has 2 aromatic rings. The quantitative estimate of drug-likeness (QED) is 0.354. The Balaban J connectivity index is 1.88. The predicted octanol–water partition coefficient (Wildman–Crippen LogP) is 6.33. The maximum absolute atomic E-state index is 5.73. The second kappa shape index (κ2) is 11.2. The predicted molar refractivity (Wildman–Crippen MR) is 102 cm³/mol. The minimum atomic E-state index is 0.534. The lowest BCUT2D eigenvalue weighted by atomic mass is 10.2. The molecule has 0 bridgehead atoms. The molecule has 0 saturated heterocycles. The molecule has 2 rings (SSSR count). The first-order chi connectivity index (χ1) is 12.3. The first kappa shape index (κ1) is 19.0. The summed E-state index contributed by atoms with van der Waals surface area (Å²) in [5, 5.41) is 8.60. The fraction of sp³-hybridized carbons (Fsp3) is 0.429. The summed E-state index contributed by atoms with van der Waals surface area (Å²) >= 11 is 0. The number of azo groups is 1. The van der Waals surface area contributed by atoms with Crippen molar-refractivity contribution in [1.29, 1.82) is 0 Å². The monoisotopic (exact) mass is 340 g/mol. The third-order valence-corrected chi connectivity index (χ3v) is 3.69. The molecule has 0 heterocycles. The van der Waals surface area contributed by atoms with Crippen LogP contribution in [0.1, 0.15) is 45.1 Å². The van der Waals surface area contributed by atoms with Gasteiger partial charge in [-0.15, -0.1) is 0 Å². The topological polar surface area (TPSA) is 43.2 Å². The summed E-state index contributed by atoms with van der Waals surface area (Å²) in [5.41, 5.74) is 1.90. The number of hydrogen-bond donors (Lipinski definition) is 0. The van der Waals surface area contributed by atoms with Gasteiger partial charge in [-0.2, -0.15) is 10.2 Å². The SMILES string of the molecule is CCCCOc1cccc(CN=Nc2cccc(OCCCC)c2)c1. The van der Waals surface area contributed by atoms with Crippen LogP contribution in [0.5, 0.6) is 11.5 Å². The third kappa shape index (κ3) is 7.38. The van der Waals surface area contributed by atoms with Crippen molar-refractivity contribution in [3.05, 3.63) is 54.1 Å². The van der Waals surface area contributed by atoms with Crippen molar-refractivity contribution in [1.82, 2.24) is 0 Å². The molecule has 0 amide bonds. The number of nitrogens with zero attached hydrogens (tertiary/aromatic N) is 2. The van der Waals surface area contributed by atoms with E-state index in [1.165, 1.54) is 0 Å². The molecule has 0 saturated carbocycles. The molecule has 0 aliphatic rings. The van der Waals surface area contributed by atoms with Crippen LogP contribution in [0.3, 0.4) is 0 Å². The zero-order chi connectivity index (χ0) is 17.7. The standard InChI is InChI=1S/C21H28N2O2/c1-3-5-13-24-20-11-7-9-18(15-20)17-22-23-19-10-8-12-21(16-19)25-14-6-4-2/h7-12,15-16H,3-6,13-14,17H2,1-2H3. The van der Waals surface area contributed by atoms with Crippen molar-refractivity contribution < 1.29 is 9.47 Å². The zero-order valence-corrected chi connectivity index (χ0v) is 15.3. The van der Waals surface area contributed by atoms with Crippen LogP contribution in [-0.2, 0) is 6.54 Å². The third-order valence-electron chi connectivity index (χ3n) is 3.69. The zero-order valence-electron chi connectivity index (χ0n) is 15.3. The second-order valence-corrected chi connectivity index (χ2v) is 5.95. The Morgan fingerprint density at radius 2 is 1.44 bits per heavy atom. The van der Waals surface area contributed by atoms with Crippen molar-refractivity contribution >= 4 is 5.69 Å². The van der Waals surface area contributed by atoms with E-state index < -0.39 is 0 Å². The average Bonchev–Trinajstić information content (AvgIpc) is 2.63. The van der Waals surface area contributed by atoms with Gasteiger partial charge in [-0.1, -0.05) is 44.9 Å². The van der Waals surface area contributed by atoms with E-state index in [9.17, 15) is 0 Å². The molecule has 0 unspecified atom stereocenters. The molecule has 0 radical (unpaired) electrons. The average molecular weight is 340 g/mol. The smallest absolute Gasteiger partial charge is 0.121 e. The fourth-order valence-corrected chi connectivity index (χ4v) is 2.24. The summed E-state index contributed by atoms with van der Waals surface area (Å²) < 4.78 is 11.4. The van der Waals surface area contributed by atoms with Crippen LogP contribution in [0.15, 0.2) is 58.8 Å². The molecule has 0 N–H and O–H groups in total. The van der Waals surface area contributed by atoms with E-state index in [1.54, 1.807) is 0 Å². The Morgan fingerprint density at radius 3 is 2.12 bits per heavy atom. The highest BCUT2D eigenvalue weighted by molar-refractivity contribution is 5.42. The minimum Gasteiger partial charge on any atom is -0.494 e. The van der Waals surface area contributed by atoms with Gasteiger partial charge in [0.2, 0.25) is 0 Å². The van der Waals surface area contributed by atoms with Crippen LogP contribution in [0, 0.1) is 0 Å². The van der Waals surface area contributed by atoms with Gasteiger partial charge in [-0.05, 0) is 42.7 Å². The fourth-order valence-electron chi connectivity index (χ4n) is 2.24. The van der Waals surface area contributed by atoms with Gasteiger partial charge in [0, 0.05) is 6.07 Å². The Morgan fingerprint density at radius 1 is 0.800 bits per heavy atom. The first-order valence-corrected chi connectivity index (χ1v) is 9.14. The van der Waals surface area contributed by atoms with Gasteiger partial charge in [0.15, 0.2) is 0 Å². The lowest BCUT2D eigenvalue weighted by Gasteiger charge is -2.06. The van der Waals surface area contributed by atoms with Gasteiger partial charge < -0.3 is 9.47 Å². The van der Waals surface area contributed by atoms with Crippen molar-refractivity contribution in [2.24, 2.45) is 10.2 Å². The summed E-state index contributed by atoms with van der Waals surface area (Å²) in [6.45, 7) is 6.34. The van der Waals surface area contributed by atoms with E-state index in [0.717, 1.165) is 61.6 Å². The molecule has 0 atom stereocenters. The van der Waals surface area contributed by atoms with Crippen LogP contribution in [0.4, 0.5) is 5.69 Å². The molecule has 4 heteroatoms. The molecule has 0 aliphatic heterocycles. The van der Waals surface area contributed by atoms with E-state index in [2.05, 4.69) is 24.1 Å². The van der Waals surface area contributed by atoms with Gasteiger partial charge in [0.1, 0.15) is 11.5 Å². The van der Waals surface area contributed by atoms with E-state index in [-0.39, 0.29) is 0 Å². The van der Waals surface area contributed by atoms with Crippen LogP contribution >= 0.6 is 0 Å². The normalized spacial score (nSPS) is 11.0. The summed E-state index contributed by atoms with van der Waals surface area (Å²) in [4.78, 5) is 0. The van der Waals surface area contributed by atoms with E-state index >= 15 is 0 Å². The molecular formula is C21H28N2O2.